The van der Waals surface area contributed by atoms with Crippen LogP contribution in [0.1, 0.15) is 65.4 Å². The van der Waals surface area contributed by atoms with E-state index in [0.29, 0.717) is 29.6 Å². The molecule has 0 saturated carbocycles. The molecule has 1 aromatic carbocycles. The van der Waals surface area contributed by atoms with Gasteiger partial charge in [-0.3, -0.25) is 9.79 Å². The SMILES string of the molecule is CC.CC(C)C.CCCOC/N=C(/C=C\N)c1ccc(Oc2ccc3[nH]c(C=O)cc3c2)nc1.CS.[HH]. The van der Waals surface area contributed by atoms with E-state index < -0.39 is 0 Å². The summed E-state index contributed by atoms with van der Waals surface area (Å²) in [6, 6.07) is 10.9. The van der Waals surface area contributed by atoms with E-state index in [1.165, 1.54) is 6.20 Å². The predicted molar refractivity (Wildman–Crippen MR) is 158 cm³/mol. The number of fused-ring (bicyclic) bond motifs is 1. The molecule has 0 amide bonds. The van der Waals surface area contributed by atoms with Crippen LogP contribution >= 0.6 is 12.6 Å². The Labute approximate surface area is 223 Å². The topological polar surface area (TPSA) is 103 Å². The third-order valence-electron chi connectivity index (χ3n) is 3.92. The summed E-state index contributed by atoms with van der Waals surface area (Å²) in [6.45, 7) is 13.5. The molecule has 3 aromatic rings. The van der Waals surface area contributed by atoms with Crippen molar-refractivity contribution < 1.29 is 15.7 Å². The number of aromatic nitrogens is 2. The normalized spacial score (nSPS) is 10.6. The molecule has 0 atom stereocenters. The number of H-pyrrole nitrogens is 1. The molecule has 200 valence electrons. The van der Waals surface area contributed by atoms with E-state index in [1.807, 2.05) is 45.0 Å². The first-order chi connectivity index (χ1) is 17.5. The number of rotatable bonds is 9. The van der Waals surface area contributed by atoms with Crippen molar-refractivity contribution in [1.29, 1.82) is 0 Å². The number of carbonyl (C=O) groups excluding carboxylic acids is 1. The van der Waals surface area contributed by atoms with E-state index in [9.17, 15) is 4.79 Å². The second kappa shape index (κ2) is 20.1. The average molecular weight is 517 g/mol. The molecule has 3 N–H and O–H groups in total. The lowest BCUT2D eigenvalue weighted by Gasteiger charge is -2.07. The van der Waals surface area contributed by atoms with Crippen LogP contribution in [-0.2, 0) is 4.74 Å². The summed E-state index contributed by atoms with van der Waals surface area (Å²) in [5.74, 6) is 1.92. The first-order valence-corrected chi connectivity index (χ1v) is 13.0. The van der Waals surface area contributed by atoms with Crippen LogP contribution in [0.4, 0.5) is 0 Å². The molecule has 0 fully saturated rings. The van der Waals surface area contributed by atoms with Gasteiger partial charge in [-0.15, -0.1) is 0 Å². The Balaban J connectivity index is 0. The number of hydrogen-bond acceptors (Lipinski definition) is 7. The summed E-state index contributed by atoms with van der Waals surface area (Å²) in [7, 11) is 0. The van der Waals surface area contributed by atoms with E-state index in [2.05, 4.69) is 48.4 Å². The van der Waals surface area contributed by atoms with Crippen LogP contribution in [0.2, 0.25) is 0 Å². The smallest absolute Gasteiger partial charge is 0.219 e. The van der Waals surface area contributed by atoms with Gasteiger partial charge in [-0.1, -0.05) is 41.5 Å². The second-order valence-electron chi connectivity index (χ2n) is 7.75. The molecule has 0 saturated heterocycles. The Kier molecular flexibility index (Phi) is 18.4. The van der Waals surface area contributed by atoms with Crippen molar-refractivity contribution in [2.75, 3.05) is 19.6 Å². The van der Waals surface area contributed by atoms with Crippen molar-refractivity contribution >= 4 is 35.5 Å². The number of aldehydes is 1. The van der Waals surface area contributed by atoms with Crippen LogP contribution in [0.3, 0.4) is 0 Å². The molecular weight excluding hydrogens is 472 g/mol. The third kappa shape index (κ3) is 12.6. The number of benzene rings is 1. The standard InChI is InChI=1S/C21H22N4O3.C4H10.C2H6.CH4S.H2/c1-2-9-27-14-24-19(7-8-22)15-3-6-21(23-12-15)28-18-4-5-20-16(11-18)10-17(13-26)25-20;1-4(2)3;2*1-2;/h3-8,10-13,25H,2,9,14,22H2,1H3;4H,1-3H3;1-2H3;2H,1H3;1H/b8-7-,24-19-;;;;. The van der Waals surface area contributed by atoms with Crippen LogP contribution in [0, 0.1) is 5.92 Å². The van der Waals surface area contributed by atoms with Gasteiger partial charge in [-0.05, 0) is 61.2 Å². The number of carbonyl (C=O) groups is 1. The van der Waals surface area contributed by atoms with E-state index in [0.717, 1.165) is 35.1 Å². The third-order valence-corrected chi connectivity index (χ3v) is 3.92. The Morgan fingerprint density at radius 3 is 2.44 bits per heavy atom. The predicted octanol–water partition coefficient (Wildman–Crippen LogP) is 7.29. The molecule has 7 nitrogen and oxygen atoms in total. The highest BCUT2D eigenvalue weighted by atomic mass is 32.1. The molecule has 2 heterocycles. The van der Waals surface area contributed by atoms with E-state index in [-0.39, 0.29) is 8.16 Å². The van der Waals surface area contributed by atoms with Crippen LogP contribution in [-0.4, -0.2) is 41.6 Å². The van der Waals surface area contributed by atoms with Gasteiger partial charge in [0, 0.05) is 36.8 Å². The number of nitrogens with two attached hydrogens (primary N) is 1. The van der Waals surface area contributed by atoms with Crippen molar-refractivity contribution in [1.82, 2.24) is 9.97 Å². The minimum atomic E-state index is 0. The van der Waals surface area contributed by atoms with Crippen LogP contribution in [0.5, 0.6) is 11.6 Å². The van der Waals surface area contributed by atoms with Gasteiger partial charge in [-0.25, -0.2) is 4.98 Å². The lowest BCUT2D eigenvalue weighted by atomic mass is 10.2. The van der Waals surface area contributed by atoms with Gasteiger partial charge in [0.25, 0.3) is 0 Å². The van der Waals surface area contributed by atoms with Crippen molar-refractivity contribution in [3.05, 3.63) is 66.1 Å². The van der Waals surface area contributed by atoms with Crippen molar-refractivity contribution in [3.8, 4) is 11.6 Å². The zero-order valence-electron chi connectivity index (χ0n) is 22.6. The first-order valence-electron chi connectivity index (χ1n) is 12.1. The van der Waals surface area contributed by atoms with Crippen LogP contribution in [0.15, 0.2) is 59.9 Å². The summed E-state index contributed by atoms with van der Waals surface area (Å²) < 4.78 is 11.2. The number of nitrogens with one attached hydrogen (secondary N) is 1. The largest absolute Gasteiger partial charge is 0.439 e. The summed E-state index contributed by atoms with van der Waals surface area (Å²) in [5.41, 5.74) is 8.41. The summed E-state index contributed by atoms with van der Waals surface area (Å²) in [5, 5.41) is 0.894. The van der Waals surface area contributed by atoms with Gasteiger partial charge in [0.15, 0.2) is 6.29 Å². The maximum Gasteiger partial charge on any atom is 0.219 e. The second-order valence-corrected chi connectivity index (χ2v) is 7.75. The summed E-state index contributed by atoms with van der Waals surface area (Å²) >= 11 is 3.53. The zero-order chi connectivity index (χ0) is 27.3. The Morgan fingerprint density at radius 2 is 1.89 bits per heavy atom. The molecule has 0 aliphatic carbocycles. The van der Waals surface area contributed by atoms with Crippen LogP contribution < -0.4 is 10.5 Å². The molecule has 0 aliphatic heterocycles. The molecule has 0 radical (unpaired) electrons. The van der Waals surface area contributed by atoms with Gasteiger partial charge >= 0.3 is 0 Å². The molecule has 0 unspecified atom stereocenters. The monoisotopic (exact) mass is 516 g/mol. The lowest BCUT2D eigenvalue weighted by molar-refractivity contribution is 0.111. The number of thiol groups is 1. The summed E-state index contributed by atoms with van der Waals surface area (Å²) in [4.78, 5) is 22.6. The van der Waals surface area contributed by atoms with E-state index in [1.54, 1.807) is 30.7 Å². The number of nitrogens with zero attached hydrogens (tertiary/aromatic N) is 2. The first kappa shape index (κ1) is 32.9. The quantitative estimate of drug-likeness (QED) is 0.120. The lowest BCUT2D eigenvalue weighted by Crippen LogP contribution is -2.03. The fraction of sp³-hybridized carbons (Fsp3) is 0.393. The maximum atomic E-state index is 10.9. The Hall–Kier alpha value is -3.10. The van der Waals surface area contributed by atoms with Crippen molar-refractivity contribution in [3.63, 3.8) is 0 Å². The van der Waals surface area contributed by atoms with E-state index >= 15 is 0 Å². The number of aromatic amines is 1. The number of hydrogen-bond donors (Lipinski definition) is 3. The fourth-order valence-corrected chi connectivity index (χ4v) is 2.63. The van der Waals surface area contributed by atoms with Gasteiger partial charge in [-0.2, -0.15) is 12.6 Å². The molecule has 3 rings (SSSR count). The summed E-state index contributed by atoms with van der Waals surface area (Å²) in [6.07, 6.45) is 8.23. The average Bonchev–Trinajstić information content (AvgIpc) is 3.31. The number of allylic oxidation sites excluding steroid dienone is 1. The van der Waals surface area contributed by atoms with Gasteiger partial charge < -0.3 is 20.2 Å². The molecule has 0 bridgehead atoms. The number of aliphatic imine (C=N–C) groups is 1. The van der Waals surface area contributed by atoms with Gasteiger partial charge in [0.05, 0.1) is 11.4 Å². The Morgan fingerprint density at radius 1 is 1.19 bits per heavy atom. The maximum absolute atomic E-state index is 10.9. The molecule has 36 heavy (non-hydrogen) atoms. The van der Waals surface area contributed by atoms with Crippen molar-refractivity contribution in [2.45, 2.75) is 48.0 Å². The molecule has 2 aromatic heterocycles. The van der Waals surface area contributed by atoms with Crippen molar-refractivity contribution in [2.24, 2.45) is 16.6 Å². The number of pyridine rings is 1. The van der Waals surface area contributed by atoms with Crippen LogP contribution in [0.25, 0.3) is 10.9 Å². The minimum absolute atomic E-state index is 0. The molecular formula is C28H44N4O3S. The fourth-order valence-electron chi connectivity index (χ4n) is 2.63. The highest BCUT2D eigenvalue weighted by molar-refractivity contribution is 7.79. The zero-order valence-corrected chi connectivity index (χ0v) is 23.5. The molecule has 8 heteroatoms. The highest BCUT2D eigenvalue weighted by Gasteiger charge is 2.06. The van der Waals surface area contributed by atoms with Gasteiger partial charge in [0.1, 0.15) is 12.5 Å². The highest BCUT2D eigenvalue weighted by Crippen LogP contribution is 2.25. The van der Waals surface area contributed by atoms with E-state index in [4.69, 9.17) is 15.2 Å². The molecule has 0 spiro atoms. The Bertz CT molecular complexity index is 1050. The minimum Gasteiger partial charge on any atom is -0.439 e. The number of ether oxygens (including phenoxy) is 2. The van der Waals surface area contributed by atoms with Gasteiger partial charge in [0.2, 0.25) is 5.88 Å². The molecule has 0 aliphatic rings.